The minimum atomic E-state index is -0.886. The first-order chi connectivity index (χ1) is 9.09. The number of amides is 2. The molecule has 1 heterocycles. The summed E-state index contributed by atoms with van der Waals surface area (Å²) in [4.78, 5) is 25.0. The van der Waals surface area contributed by atoms with Crippen molar-refractivity contribution in [2.75, 3.05) is 13.1 Å². The van der Waals surface area contributed by atoms with E-state index in [0.29, 0.717) is 19.0 Å². The maximum atomic E-state index is 12.2. The average Bonchev–Trinajstić information content (AvgIpc) is 2.88. The number of carbonyl (C=O) groups is 2. The topological polar surface area (TPSA) is 69.6 Å². The predicted octanol–water partition coefficient (Wildman–Crippen LogP) is 2.07. The van der Waals surface area contributed by atoms with E-state index in [1.807, 2.05) is 6.92 Å². The van der Waals surface area contributed by atoms with Gasteiger partial charge in [-0.1, -0.05) is 19.8 Å². The highest BCUT2D eigenvalue weighted by atomic mass is 16.4. The fourth-order valence-corrected chi connectivity index (χ4v) is 3.34. The second-order valence-electron chi connectivity index (χ2n) is 5.93. The first-order valence-corrected chi connectivity index (χ1v) is 7.37. The van der Waals surface area contributed by atoms with Crippen molar-refractivity contribution in [2.24, 2.45) is 11.8 Å². The molecule has 0 bridgehead atoms. The van der Waals surface area contributed by atoms with Crippen molar-refractivity contribution >= 4 is 12.0 Å². The lowest BCUT2D eigenvalue weighted by molar-refractivity contribution is -0.145. The first kappa shape index (κ1) is 14.2. The van der Waals surface area contributed by atoms with Gasteiger partial charge < -0.3 is 15.3 Å². The van der Waals surface area contributed by atoms with E-state index in [1.165, 1.54) is 30.6 Å². The van der Waals surface area contributed by atoms with Gasteiger partial charge in [-0.3, -0.25) is 0 Å². The zero-order chi connectivity index (χ0) is 13.8. The van der Waals surface area contributed by atoms with Gasteiger partial charge in [-0.25, -0.2) is 9.59 Å². The molecule has 2 rings (SSSR count). The van der Waals surface area contributed by atoms with Crippen molar-refractivity contribution in [2.45, 2.75) is 51.5 Å². The number of hydrogen-bond donors (Lipinski definition) is 2. The Labute approximate surface area is 114 Å². The molecular formula is C14H24N2O3. The molecule has 5 heteroatoms. The van der Waals surface area contributed by atoms with E-state index in [-0.39, 0.29) is 11.9 Å². The van der Waals surface area contributed by atoms with Crippen LogP contribution < -0.4 is 5.32 Å². The van der Waals surface area contributed by atoms with E-state index in [2.05, 4.69) is 5.32 Å². The van der Waals surface area contributed by atoms with Crippen molar-refractivity contribution in [3.63, 3.8) is 0 Å². The highest BCUT2D eigenvalue weighted by Crippen LogP contribution is 2.25. The molecule has 2 aliphatic rings. The number of likely N-dealkylation sites (tertiary alicyclic amines) is 1. The van der Waals surface area contributed by atoms with E-state index in [9.17, 15) is 14.7 Å². The Bertz CT molecular complexity index is 340. The number of nitrogens with one attached hydrogen (secondary N) is 1. The summed E-state index contributed by atoms with van der Waals surface area (Å²) in [5.74, 6) is -0.277. The van der Waals surface area contributed by atoms with Gasteiger partial charge >= 0.3 is 12.0 Å². The minimum Gasteiger partial charge on any atom is -0.480 e. The molecule has 2 fully saturated rings. The molecule has 2 amide bonds. The van der Waals surface area contributed by atoms with E-state index >= 15 is 0 Å². The highest BCUT2D eigenvalue weighted by Gasteiger charge is 2.37. The molecule has 0 aromatic heterocycles. The Morgan fingerprint density at radius 3 is 2.53 bits per heavy atom. The van der Waals surface area contributed by atoms with Gasteiger partial charge in [0, 0.05) is 13.1 Å². The molecule has 1 aliphatic carbocycles. The summed E-state index contributed by atoms with van der Waals surface area (Å²) in [7, 11) is 0. The summed E-state index contributed by atoms with van der Waals surface area (Å²) >= 11 is 0. The number of carboxylic acid groups (broad SMARTS) is 1. The summed E-state index contributed by atoms with van der Waals surface area (Å²) < 4.78 is 0. The Balaban J connectivity index is 1.89. The Kier molecular flexibility index (Phi) is 4.66. The third-order valence-electron chi connectivity index (χ3n) is 4.46. The summed E-state index contributed by atoms with van der Waals surface area (Å²) in [6, 6.07) is -0.872. The lowest BCUT2D eigenvalue weighted by Crippen LogP contribution is -2.55. The molecule has 0 spiro atoms. The van der Waals surface area contributed by atoms with E-state index in [4.69, 9.17) is 0 Å². The summed E-state index contributed by atoms with van der Waals surface area (Å²) in [6.07, 6.45) is 6.63. The fourth-order valence-electron chi connectivity index (χ4n) is 3.34. The van der Waals surface area contributed by atoms with Crippen molar-refractivity contribution in [3.8, 4) is 0 Å². The van der Waals surface area contributed by atoms with Gasteiger partial charge in [0.15, 0.2) is 0 Å². The molecule has 1 saturated heterocycles. The maximum Gasteiger partial charge on any atom is 0.326 e. The zero-order valence-electron chi connectivity index (χ0n) is 11.6. The number of carbonyl (C=O) groups excluding carboxylic acids is 1. The maximum absolute atomic E-state index is 12.2. The van der Waals surface area contributed by atoms with Gasteiger partial charge in [-0.05, 0) is 37.5 Å². The van der Waals surface area contributed by atoms with Crippen LogP contribution in [0.2, 0.25) is 0 Å². The van der Waals surface area contributed by atoms with E-state index in [1.54, 1.807) is 0 Å². The number of piperidine rings is 1. The van der Waals surface area contributed by atoms with Gasteiger partial charge in [0.05, 0.1) is 0 Å². The Morgan fingerprint density at radius 1 is 1.21 bits per heavy atom. The first-order valence-electron chi connectivity index (χ1n) is 7.37. The van der Waals surface area contributed by atoms with Crippen LogP contribution in [-0.4, -0.2) is 41.1 Å². The number of hydrogen-bond acceptors (Lipinski definition) is 2. The number of carboxylic acids is 1. The quantitative estimate of drug-likeness (QED) is 0.823. The van der Waals surface area contributed by atoms with Gasteiger partial charge in [0.2, 0.25) is 0 Å². The van der Waals surface area contributed by atoms with Crippen LogP contribution in [0.1, 0.15) is 45.4 Å². The summed E-state index contributed by atoms with van der Waals surface area (Å²) in [5, 5.41) is 12.2. The monoisotopic (exact) mass is 268 g/mol. The normalized spacial score (nSPS) is 28.4. The lowest BCUT2D eigenvalue weighted by Gasteiger charge is -2.37. The van der Waals surface area contributed by atoms with Gasteiger partial charge in [-0.15, -0.1) is 0 Å². The van der Waals surface area contributed by atoms with Crippen LogP contribution in [0.25, 0.3) is 0 Å². The second kappa shape index (κ2) is 6.26. The summed E-state index contributed by atoms with van der Waals surface area (Å²) in [6.45, 7) is 3.16. The molecule has 0 aromatic rings. The van der Waals surface area contributed by atoms with Crippen molar-refractivity contribution in [1.29, 1.82) is 0 Å². The molecule has 108 valence electrons. The van der Waals surface area contributed by atoms with Crippen LogP contribution in [0, 0.1) is 11.8 Å². The zero-order valence-corrected chi connectivity index (χ0v) is 11.6. The molecule has 0 radical (unpaired) electrons. The standard InChI is InChI=1S/C14H24N2O3/c1-10-5-4-8-16(12(10)13(17)18)14(19)15-9-11-6-2-3-7-11/h10-12H,2-9H2,1H3,(H,15,19)(H,17,18). The van der Waals surface area contributed by atoms with Crippen LogP contribution in [0.4, 0.5) is 4.79 Å². The van der Waals surface area contributed by atoms with Crippen LogP contribution >= 0.6 is 0 Å². The van der Waals surface area contributed by atoms with Gasteiger partial charge in [0.25, 0.3) is 0 Å². The van der Waals surface area contributed by atoms with Crippen molar-refractivity contribution in [3.05, 3.63) is 0 Å². The van der Waals surface area contributed by atoms with Crippen LogP contribution in [0.5, 0.6) is 0 Å². The molecule has 2 unspecified atom stereocenters. The molecule has 5 nitrogen and oxygen atoms in total. The number of rotatable bonds is 3. The molecule has 1 aliphatic heterocycles. The second-order valence-corrected chi connectivity index (χ2v) is 5.93. The lowest BCUT2D eigenvalue weighted by atomic mass is 9.91. The van der Waals surface area contributed by atoms with E-state index < -0.39 is 12.0 Å². The number of aliphatic carboxylic acids is 1. The molecular weight excluding hydrogens is 244 g/mol. The summed E-state index contributed by atoms with van der Waals surface area (Å²) in [5.41, 5.74) is 0. The number of urea groups is 1. The van der Waals surface area contributed by atoms with Crippen LogP contribution in [0.3, 0.4) is 0 Å². The fraction of sp³-hybridized carbons (Fsp3) is 0.857. The predicted molar refractivity (Wildman–Crippen MR) is 71.9 cm³/mol. The van der Waals surface area contributed by atoms with Crippen LogP contribution in [-0.2, 0) is 4.79 Å². The van der Waals surface area contributed by atoms with Gasteiger partial charge in [-0.2, -0.15) is 0 Å². The number of nitrogens with zero attached hydrogens (tertiary/aromatic N) is 1. The minimum absolute atomic E-state index is 0.0310. The molecule has 1 saturated carbocycles. The molecule has 2 N–H and O–H groups in total. The smallest absolute Gasteiger partial charge is 0.326 e. The molecule has 19 heavy (non-hydrogen) atoms. The van der Waals surface area contributed by atoms with Crippen molar-refractivity contribution in [1.82, 2.24) is 10.2 Å². The van der Waals surface area contributed by atoms with Crippen molar-refractivity contribution < 1.29 is 14.7 Å². The van der Waals surface area contributed by atoms with Gasteiger partial charge in [0.1, 0.15) is 6.04 Å². The van der Waals surface area contributed by atoms with E-state index in [0.717, 1.165) is 12.8 Å². The SMILES string of the molecule is CC1CCCN(C(=O)NCC2CCCC2)C1C(=O)O. The Hall–Kier alpha value is -1.26. The third-order valence-corrected chi connectivity index (χ3v) is 4.46. The average molecular weight is 268 g/mol. The van der Waals surface area contributed by atoms with Crippen LogP contribution in [0.15, 0.2) is 0 Å². The Morgan fingerprint density at radius 2 is 1.89 bits per heavy atom. The molecule has 2 atom stereocenters. The highest BCUT2D eigenvalue weighted by molar-refractivity contribution is 5.83. The molecule has 0 aromatic carbocycles. The largest absolute Gasteiger partial charge is 0.480 e. The third kappa shape index (κ3) is 3.39.